The Morgan fingerprint density at radius 1 is 1.07 bits per heavy atom. The third kappa shape index (κ3) is 3.67. The van der Waals surface area contributed by atoms with Crippen molar-refractivity contribution in [1.29, 1.82) is 0 Å². The molecule has 0 aromatic heterocycles. The number of fused-ring (bicyclic) bond motifs is 1. The summed E-state index contributed by atoms with van der Waals surface area (Å²) in [7, 11) is 0. The Labute approximate surface area is 167 Å². The highest BCUT2D eigenvalue weighted by Crippen LogP contribution is 2.34. The highest BCUT2D eigenvalue weighted by Gasteiger charge is 2.23. The molecule has 1 aliphatic rings. The van der Waals surface area contributed by atoms with Crippen LogP contribution in [-0.2, 0) is 6.42 Å². The lowest BCUT2D eigenvalue weighted by Crippen LogP contribution is -2.34. The van der Waals surface area contributed by atoms with E-state index in [2.05, 4.69) is 4.90 Å². The number of piperidine rings is 1. The van der Waals surface area contributed by atoms with Crippen molar-refractivity contribution in [2.75, 3.05) is 18.0 Å². The van der Waals surface area contributed by atoms with E-state index in [1.54, 1.807) is 12.1 Å². The molecule has 3 aromatic carbocycles. The van der Waals surface area contributed by atoms with E-state index in [1.807, 2.05) is 30.3 Å². The van der Waals surface area contributed by atoms with Crippen molar-refractivity contribution in [2.45, 2.75) is 19.3 Å². The standard InChI is InChI=1S/C22H20ClFN2O2/c23-20-14-17(26(27)28)6-8-22(20)25-11-9-15(10-12-25)13-16-5-7-21(24)19-4-2-1-3-18(16)19/h1-8,14-15H,9-13H2. The zero-order valence-corrected chi connectivity index (χ0v) is 16.0. The zero-order chi connectivity index (χ0) is 19.7. The van der Waals surface area contributed by atoms with Crippen LogP contribution in [-0.4, -0.2) is 18.0 Å². The molecule has 4 rings (SSSR count). The summed E-state index contributed by atoms with van der Waals surface area (Å²) in [5, 5.41) is 13.0. The van der Waals surface area contributed by atoms with Crippen LogP contribution < -0.4 is 4.90 Å². The van der Waals surface area contributed by atoms with Gasteiger partial charge in [0.2, 0.25) is 0 Å². The van der Waals surface area contributed by atoms with Gasteiger partial charge in [0.25, 0.3) is 5.69 Å². The molecule has 28 heavy (non-hydrogen) atoms. The van der Waals surface area contributed by atoms with Gasteiger partial charge in [-0.3, -0.25) is 10.1 Å². The lowest BCUT2D eigenvalue weighted by molar-refractivity contribution is -0.384. The molecule has 1 saturated heterocycles. The molecule has 0 aliphatic carbocycles. The number of hydrogen-bond acceptors (Lipinski definition) is 3. The summed E-state index contributed by atoms with van der Waals surface area (Å²) in [6.07, 6.45) is 2.92. The molecular formula is C22H20ClFN2O2. The lowest BCUT2D eigenvalue weighted by Gasteiger charge is -2.34. The molecule has 0 amide bonds. The van der Waals surface area contributed by atoms with Gasteiger partial charge in [-0.15, -0.1) is 0 Å². The molecule has 4 nitrogen and oxygen atoms in total. The zero-order valence-electron chi connectivity index (χ0n) is 15.3. The van der Waals surface area contributed by atoms with Crippen molar-refractivity contribution >= 4 is 33.7 Å². The highest BCUT2D eigenvalue weighted by molar-refractivity contribution is 6.33. The van der Waals surface area contributed by atoms with Crippen LogP contribution in [0, 0.1) is 21.8 Å². The second kappa shape index (κ2) is 7.76. The Balaban J connectivity index is 1.45. The first-order chi connectivity index (χ1) is 13.5. The van der Waals surface area contributed by atoms with Crippen LogP contribution in [0.25, 0.3) is 10.8 Å². The SMILES string of the molecule is O=[N+]([O-])c1ccc(N2CCC(Cc3ccc(F)c4ccccc34)CC2)c(Cl)c1. The van der Waals surface area contributed by atoms with E-state index in [9.17, 15) is 14.5 Å². The number of anilines is 1. The van der Waals surface area contributed by atoms with Gasteiger partial charge in [-0.05, 0) is 48.3 Å². The Hall–Kier alpha value is -2.66. The van der Waals surface area contributed by atoms with Gasteiger partial charge in [0.15, 0.2) is 0 Å². The van der Waals surface area contributed by atoms with Gasteiger partial charge < -0.3 is 4.90 Å². The summed E-state index contributed by atoms with van der Waals surface area (Å²) in [6.45, 7) is 1.70. The molecule has 1 fully saturated rings. The number of hydrogen-bond donors (Lipinski definition) is 0. The normalized spacial score (nSPS) is 15.1. The molecule has 0 saturated carbocycles. The van der Waals surface area contributed by atoms with Crippen molar-refractivity contribution in [2.24, 2.45) is 5.92 Å². The Kier molecular flexibility index (Phi) is 5.18. The molecule has 0 radical (unpaired) electrons. The third-order valence-corrected chi connectivity index (χ3v) is 5.87. The van der Waals surface area contributed by atoms with E-state index in [1.165, 1.54) is 17.7 Å². The first-order valence-electron chi connectivity index (χ1n) is 9.38. The molecule has 6 heteroatoms. The second-order valence-corrected chi connectivity index (χ2v) is 7.69. The van der Waals surface area contributed by atoms with Crippen LogP contribution in [0.15, 0.2) is 54.6 Å². The van der Waals surface area contributed by atoms with Gasteiger partial charge in [0.1, 0.15) is 5.82 Å². The van der Waals surface area contributed by atoms with Gasteiger partial charge in [0.05, 0.1) is 15.6 Å². The predicted octanol–water partition coefficient (Wildman–Crippen LogP) is 6.00. The van der Waals surface area contributed by atoms with Crippen LogP contribution in [0.4, 0.5) is 15.8 Å². The molecule has 0 spiro atoms. The van der Waals surface area contributed by atoms with Crippen LogP contribution in [0.2, 0.25) is 5.02 Å². The largest absolute Gasteiger partial charge is 0.370 e. The van der Waals surface area contributed by atoms with E-state index in [-0.39, 0.29) is 11.5 Å². The Bertz CT molecular complexity index is 1030. The van der Waals surface area contributed by atoms with E-state index in [4.69, 9.17) is 11.6 Å². The summed E-state index contributed by atoms with van der Waals surface area (Å²) in [4.78, 5) is 12.6. The quantitative estimate of drug-likeness (QED) is 0.400. The molecule has 0 N–H and O–H groups in total. The fourth-order valence-corrected chi connectivity index (χ4v) is 4.35. The summed E-state index contributed by atoms with van der Waals surface area (Å²) >= 11 is 6.27. The average Bonchev–Trinajstić information content (AvgIpc) is 2.71. The average molecular weight is 399 g/mol. The highest BCUT2D eigenvalue weighted by atomic mass is 35.5. The first kappa shape index (κ1) is 18.7. The third-order valence-electron chi connectivity index (χ3n) is 5.57. The van der Waals surface area contributed by atoms with E-state index >= 15 is 0 Å². The first-order valence-corrected chi connectivity index (χ1v) is 9.76. The van der Waals surface area contributed by atoms with Gasteiger partial charge in [-0.1, -0.05) is 41.9 Å². The van der Waals surface area contributed by atoms with Crippen molar-refractivity contribution < 1.29 is 9.31 Å². The number of halogens is 2. The summed E-state index contributed by atoms with van der Waals surface area (Å²) < 4.78 is 14.0. The minimum Gasteiger partial charge on any atom is -0.370 e. The fraction of sp³-hybridized carbons (Fsp3) is 0.273. The van der Waals surface area contributed by atoms with Gasteiger partial charge in [-0.25, -0.2) is 4.39 Å². The molecule has 144 valence electrons. The number of nitrogens with zero attached hydrogens (tertiary/aromatic N) is 2. The lowest BCUT2D eigenvalue weighted by atomic mass is 9.88. The molecule has 1 heterocycles. The molecule has 3 aromatic rings. The van der Waals surface area contributed by atoms with E-state index in [0.717, 1.165) is 43.4 Å². The summed E-state index contributed by atoms with van der Waals surface area (Å²) in [5.41, 5.74) is 2.04. The second-order valence-electron chi connectivity index (χ2n) is 7.28. The van der Waals surface area contributed by atoms with Crippen LogP contribution in [0.5, 0.6) is 0 Å². The summed E-state index contributed by atoms with van der Waals surface area (Å²) in [6, 6.07) is 15.7. The maximum atomic E-state index is 14.0. The number of nitro groups is 1. The Morgan fingerprint density at radius 3 is 2.46 bits per heavy atom. The van der Waals surface area contributed by atoms with Gasteiger partial charge in [0, 0.05) is 30.6 Å². The molecular weight excluding hydrogens is 379 g/mol. The minimum absolute atomic E-state index is 0.00632. The van der Waals surface area contributed by atoms with Crippen LogP contribution >= 0.6 is 11.6 Å². The maximum absolute atomic E-state index is 14.0. The van der Waals surface area contributed by atoms with E-state index < -0.39 is 4.92 Å². The van der Waals surface area contributed by atoms with Crippen LogP contribution in [0.1, 0.15) is 18.4 Å². The number of nitro benzene ring substituents is 1. The molecule has 0 bridgehead atoms. The number of rotatable bonds is 4. The van der Waals surface area contributed by atoms with Crippen molar-refractivity contribution in [3.05, 3.63) is 81.1 Å². The predicted molar refractivity (Wildman–Crippen MR) is 111 cm³/mol. The summed E-state index contributed by atoms with van der Waals surface area (Å²) in [5.74, 6) is 0.337. The number of benzene rings is 3. The Morgan fingerprint density at radius 2 is 1.79 bits per heavy atom. The maximum Gasteiger partial charge on any atom is 0.271 e. The van der Waals surface area contributed by atoms with Crippen molar-refractivity contribution in [3.8, 4) is 0 Å². The van der Waals surface area contributed by atoms with Gasteiger partial charge >= 0.3 is 0 Å². The van der Waals surface area contributed by atoms with Crippen molar-refractivity contribution in [1.82, 2.24) is 0 Å². The van der Waals surface area contributed by atoms with Crippen molar-refractivity contribution in [3.63, 3.8) is 0 Å². The molecule has 0 unspecified atom stereocenters. The topological polar surface area (TPSA) is 46.4 Å². The number of non-ortho nitro benzene ring substituents is 1. The minimum atomic E-state index is -0.436. The molecule has 0 atom stereocenters. The van der Waals surface area contributed by atoms with E-state index in [0.29, 0.717) is 16.3 Å². The van der Waals surface area contributed by atoms with Crippen LogP contribution in [0.3, 0.4) is 0 Å². The van der Waals surface area contributed by atoms with Gasteiger partial charge in [-0.2, -0.15) is 0 Å². The monoisotopic (exact) mass is 398 g/mol. The molecule has 1 aliphatic heterocycles. The fourth-order valence-electron chi connectivity index (χ4n) is 4.06. The smallest absolute Gasteiger partial charge is 0.271 e.